The van der Waals surface area contributed by atoms with Crippen molar-refractivity contribution >= 4 is 11.7 Å². The molecule has 138 valence electrons. The Morgan fingerprint density at radius 3 is 2.54 bits per heavy atom. The van der Waals surface area contributed by atoms with Crippen molar-refractivity contribution < 1.29 is 22.7 Å². The predicted octanol–water partition coefficient (Wildman–Crippen LogP) is 3.70. The van der Waals surface area contributed by atoms with Crippen LogP contribution in [0.1, 0.15) is 36.7 Å². The molecule has 2 aromatic rings. The van der Waals surface area contributed by atoms with E-state index in [0.717, 1.165) is 6.20 Å². The van der Waals surface area contributed by atoms with Crippen LogP contribution in [0.3, 0.4) is 0 Å². The SMILES string of the molecule is CC(C)(C)n1cc(C#N)cc1NC(=O)c1ccc(OCC(F)(F)F)nc1. The molecule has 9 heteroatoms. The van der Waals surface area contributed by atoms with Gasteiger partial charge in [-0.1, -0.05) is 0 Å². The maximum absolute atomic E-state index is 12.4. The summed E-state index contributed by atoms with van der Waals surface area (Å²) in [6, 6.07) is 6.05. The molecule has 0 saturated carbocycles. The van der Waals surface area contributed by atoms with Crippen LogP contribution in [0.15, 0.2) is 30.6 Å². The summed E-state index contributed by atoms with van der Waals surface area (Å²) in [5.41, 5.74) is 0.166. The van der Waals surface area contributed by atoms with Gasteiger partial charge < -0.3 is 14.6 Å². The lowest BCUT2D eigenvalue weighted by Crippen LogP contribution is -2.25. The van der Waals surface area contributed by atoms with Gasteiger partial charge in [0.1, 0.15) is 11.9 Å². The Morgan fingerprint density at radius 1 is 1.35 bits per heavy atom. The van der Waals surface area contributed by atoms with E-state index >= 15 is 0 Å². The van der Waals surface area contributed by atoms with Crippen LogP contribution in [-0.2, 0) is 5.54 Å². The van der Waals surface area contributed by atoms with E-state index in [0.29, 0.717) is 11.4 Å². The minimum atomic E-state index is -4.46. The Hall–Kier alpha value is -3.02. The molecule has 0 aromatic carbocycles. The quantitative estimate of drug-likeness (QED) is 0.895. The second-order valence-electron chi connectivity index (χ2n) is 6.51. The lowest BCUT2D eigenvalue weighted by atomic mass is 10.1. The van der Waals surface area contributed by atoms with Crippen LogP contribution in [0.25, 0.3) is 0 Å². The van der Waals surface area contributed by atoms with Crippen molar-refractivity contribution in [2.24, 2.45) is 0 Å². The zero-order valence-corrected chi connectivity index (χ0v) is 14.4. The summed E-state index contributed by atoms with van der Waals surface area (Å²) in [5, 5.41) is 11.7. The van der Waals surface area contributed by atoms with Crippen LogP contribution in [-0.4, -0.2) is 28.2 Å². The molecule has 2 heterocycles. The van der Waals surface area contributed by atoms with Gasteiger partial charge in [-0.25, -0.2) is 4.98 Å². The maximum atomic E-state index is 12.4. The van der Waals surface area contributed by atoms with Crippen LogP contribution < -0.4 is 10.1 Å². The van der Waals surface area contributed by atoms with Crippen molar-refractivity contribution in [1.82, 2.24) is 9.55 Å². The molecule has 0 aliphatic rings. The average molecular weight is 366 g/mol. The highest BCUT2D eigenvalue weighted by Crippen LogP contribution is 2.24. The van der Waals surface area contributed by atoms with Crippen LogP contribution in [0.2, 0.25) is 0 Å². The van der Waals surface area contributed by atoms with E-state index in [1.165, 1.54) is 18.2 Å². The van der Waals surface area contributed by atoms with Gasteiger partial charge in [-0.15, -0.1) is 0 Å². The topological polar surface area (TPSA) is 79.9 Å². The molecule has 1 amide bonds. The van der Waals surface area contributed by atoms with E-state index in [1.54, 1.807) is 10.8 Å². The molecule has 2 aromatic heterocycles. The van der Waals surface area contributed by atoms with Gasteiger partial charge in [0.15, 0.2) is 6.61 Å². The van der Waals surface area contributed by atoms with Crippen LogP contribution in [0.5, 0.6) is 5.88 Å². The molecular formula is C17H17F3N4O2. The normalized spacial score (nSPS) is 11.7. The number of halogens is 3. The van der Waals surface area contributed by atoms with Gasteiger partial charge in [-0.05, 0) is 32.9 Å². The van der Waals surface area contributed by atoms with Gasteiger partial charge in [-0.2, -0.15) is 18.4 Å². The van der Waals surface area contributed by atoms with E-state index in [-0.39, 0.29) is 17.0 Å². The zero-order valence-electron chi connectivity index (χ0n) is 14.4. The maximum Gasteiger partial charge on any atom is 0.422 e. The highest BCUT2D eigenvalue weighted by Gasteiger charge is 2.28. The molecule has 26 heavy (non-hydrogen) atoms. The van der Waals surface area contributed by atoms with Crippen molar-refractivity contribution in [2.75, 3.05) is 11.9 Å². The Balaban J connectivity index is 2.13. The second-order valence-corrected chi connectivity index (χ2v) is 6.51. The third-order valence-electron chi connectivity index (χ3n) is 3.30. The first-order valence-corrected chi connectivity index (χ1v) is 7.59. The fraction of sp³-hybridized carbons (Fsp3) is 0.353. The number of nitrogens with one attached hydrogen (secondary N) is 1. The minimum Gasteiger partial charge on any atom is -0.468 e. The number of hydrogen-bond donors (Lipinski definition) is 1. The highest BCUT2D eigenvalue weighted by atomic mass is 19.4. The number of carbonyl (C=O) groups is 1. The molecular weight excluding hydrogens is 349 g/mol. The predicted molar refractivity (Wildman–Crippen MR) is 87.9 cm³/mol. The Bertz CT molecular complexity index is 828. The third kappa shape index (κ3) is 4.99. The van der Waals surface area contributed by atoms with Gasteiger partial charge in [0.2, 0.25) is 5.88 Å². The molecule has 0 spiro atoms. The number of hydrogen-bond acceptors (Lipinski definition) is 4. The van der Waals surface area contributed by atoms with E-state index in [2.05, 4.69) is 15.0 Å². The van der Waals surface area contributed by atoms with E-state index in [4.69, 9.17) is 5.26 Å². The molecule has 0 atom stereocenters. The van der Waals surface area contributed by atoms with E-state index < -0.39 is 18.7 Å². The van der Waals surface area contributed by atoms with Crippen LogP contribution >= 0.6 is 0 Å². The lowest BCUT2D eigenvalue weighted by Gasteiger charge is -2.24. The van der Waals surface area contributed by atoms with Crippen molar-refractivity contribution in [3.05, 3.63) is 41.7 Å². The summed E-state index contributed by atoms with van der Waals surface area (Å²) >= 11 is 0. The number of carbonyl (C=O) groups excluding carboxylic acids is 1. The van der Waals surface area contributed by atoms with Gasteiger partial charge in [0.05, 0.1) is 11.1 Å². The highest BCUT2D eigenvalue weighted by molar-refractivity contribution is 6.03. The number of pyridine rings is 1. The first-order chi connectivity index (χ1) is 12.0. The smallest absolute Gasteiger partial charge is 0.422 e. The number of nitrogens with zero attached hydrogens (tertiary/aromatic N) is 3. The average Bonchev–Trinajstić information content (AvgIpc) is 2.96. The molecule has 0 fully saturated rings. The molecule has 0 radical (unpaired) electrons. The zero-order chi connectivity index (χ0) is 19.5. The van der Waals surface area contributed by atoms with Crippen molar-refractivity contribution in [2.45, 2.75) is 32.5 Å². The van der Waals surface area contributed by atoms with Gasteiger partial charge >= 0.3 is 6.18 Å². The van der Waals surface area contributed by atoms with Crippen molar-refractivity contribution in [1.29, 1.82) is 5.26 Å². The summed E-state index contributed by atoms with van der Waals surface area (Å²) in [4.78, 5) is 16.0. The van der Waals surface area contributed by atoms with Crippen molar-refractivity contribution in [3.8, 4) is 11.9 Å². The monoisotopic (exact) mass is 366 g/mol. The van der Waals surface area contributed by atoms with Gasteiger partial charge in [0.25, 0.3) is 5.91 Å². The summed E-state index contributed by atoms with van der Waals surface area (Å²) in [6.07, 6.45) is -1.72. The largest absolute Gasteiger partial charge is 0.468 e. The fourth-order valence-electron chi connectivity index (χ4n) is 2.12. The Kier molecular flexibility index (Phi) is 5.25. The molecule has 0 bridgehead atoms. The first-order valence-electron chi connectivity index (χ1n) is 7.59. The van der Waals surface area contributed by atoms with E-state index in [1.807, 2.05) is 26.8 Å². The first kappa shape index (κ1) is 19.3. The number of nitriles is 1. The Morgan fingerprint density at radius 2 is 2.04 bits per heavy atom. The molecule has 0 aliphatic carbocycles. The van der Waals surface area contributed by atoms with Crippen molar-refractivity contribution in [3.63, 3.8) is 0 Å². The van der Waals surface area contributed by atoms with Gasteiger partial charge in [-0.3, -0.25) is 4.79 Å². The molecule has 0 unspecified atom stereocenters. The van der Waals surface area contributed by atoms with E-state index in [9.17, 15) is 18.0 Å². The number of anilines is 1. The molecule has 2 rings (SSSR count). The molecule has 0 saturated heterocycles. The number of rotatable bonds is 4. The summed E-state index contributed by atoms with van der Waals surface area (Å²) in [6.45, 7) is 4.29. The van der Waals surface area contributed by atoms with Crippen LogP contribution in [0, 0.1) is 11.3 Å². The lowest BCUT2D eigenvalue weighted by molar-refractivity contribution is -0.154. The molecule has 1 N–H and O–H groups in total. The standard InChI is InChI=1S/C17H17F3N4O2/c1-16(2,3)24-9-11(7-21)6-13(24)23-15(25)12-4-5-14(22-8-12)26-10-17(18,19)20/h4-6,8-9H,10H2,1-3H3,(H,23,25). The van der Waals surface area contributed by atoms with Gasteiger partial charge in [0, 0.05) is 24.0 Å². The summed E-state index contributed by atoms with van der Waals surface area (Å²) in [5.74, 6) is -0.312. The number of alkyl halides is 3. The number of ether oxygens (including phenoxy) is 1. The summed E-state index contributed by atoms with van der Waals surface area (Å²) < 4.78 is 42.6. The third-order valence-corrected chi connectivity index (χ3v) is 3.30. The number of aromatic nitrogens is 2. The fourth-order valence-corrected chi connectivity index (χ4v) is 2.12. The molecule has 6 nitrogen and oxygen atoms in total. The molecule has 0 aliphatic heterocycles. The van der Waals surface area contributed by atoms with Crippen LogP contribution in [0.4, 0.5) is 19.0 Å². The summed E-state index contributed by atoms with van der Waals surface area (Å²) in [7, 11) is 0. The second kappa shape index (κ2) is 7.07. The Labute approximate surface area is 148 Å². The number of amides is 1. The minimum absolute atomic E-state index is 0.143.